The lowest BCUT2D eigenvalue weighted by atomic mass is 9.63. The van der Waals surface area contributed by atoms with Gasteiger partial charge in [0.05, 0.1) is 6.54 Å². The van der Waals surface area contributed by atoms with Crippen molar-refractivity contribution in [2.24, 2.45) is 0 Å². The van der Waals surface area contributed by atoms with E-state index in [0.29, 0.717) is 11.1 Å². The summed E-state index contributed by atoms with van der Waals surface area (Å²) in [6.45, 7) is 14.0. The van der Waals surface area contributed by atoms with Gasteiger partial charge >= 0.3 is 6.09 Å². The molecule has 6 nitrogen and oxygen atoms in total. The van der Waals surface area contributed by atoms with Crippen LogP contribution in [0.1, 0.15) is 94.4 Å². The van der Waals surface area contributed by atoms with Crippen LogP contribution < -0.4 is 10.6 Å². The second-order valence-electron chi connectivity index (χ2n) is 11.7. The molecule has 2 aromatic rings. The van der Waals surface area contributed by atoms with Gasteiger partial charge in [0.25, 0.3) is 0 Å². The standard InChI is InChI=1S/C29H38N2O4/c1-27(2,3)35-26(34)31-24(25(33)30-18-23(32)19-11-9-8-10-12-19)20-13-14-21-22(17-20)29(6,7)16-15-28(21,4)5/h8-14,17,24H,15-16,18H2,1-7H3,(H,30,33)(H,31,34). The molecule has 6 heteroatoms. The summed E-state index contributed by atoms with van der Waals surface area (Å²) in [5, 5.41) is 5.43. The monoisotopic (exact) mass is 478 g/mol. The number of hydrogen-bond acceptors (Lipinski definition) is 4. The van der Waals surface area contributed by atoms with E-state index in [4.69, 9.17) is 4.74 Å². The van der Waals surface area contributed by atoms with Crippen molar-refractivity contribution in [2.75, 3.05) is 6.54 Å². The number of Topliss-reactive ketones (excluding diaryl/α,β-unsaturated/α-hetero) is 1. The topological polar surface area (TPSA) is 84.5 Å². The zero-order valence-corrected chi connectivity index (χ0v) is 22.0. The van der Waals surface area contributed by atoms with Gasteiger partial charge in [0.15, 0.2) is 5.78 Å². The number of ether oxygens (including phenoxy) is 1. The molecule has 0 radical (unpaired) electrons. The minimum Gasteiger partial charge on any atom is -0.444 e. The summed E-state index contributed by atoms with van der Waals surface area (Å²) in [6.07, 6.45) is 1.41. The zero-order valence-electron chi connectivity index (χ0n) is 22.0. The highest BCUT2D eigenvalue weighted by molar-refractivity contribution is 6.00. The van der Waals surface area contributed by atoms with Gasteiger partial charge in [-0.2, -0.15) is 0 Å². The van der Waals surface area contributed by atoms with Crippen LogP contribution >= 0.6 is 0 Å². The van der Waals surface area contributed by atoms with E-state index in [2.05, 4.69) is 44.4 Å². The van der Waals surface area contributed by atoms with E-state index in [0.717, 1.165) is 12.8 Å². The fourth-order valence-electron chi connectivity index (χ4n) is 4.51. The Morgan fingerprint density at radius 2 is 1.51 bits per heavy atom. The number of ketones is 1. The lowest BCUT2D eigenvalue weighted by Gasteiger charge is -2.42. The molecule has 1 aliphatic rings. The number of amides is 2. The minimum atomic E-state index is -1.00. The predicted molar refractivity (Wildman–Crippen MR) is 138 cm³/mol. The largest absolute Gasteiger partial charge is 0.444 e. The molecule has 3 rings (SSSR count). The second kappa shape index (κ2) is 9.84. The van der Waals surface area contributed by atoms with Crippen molar-refractivity contribution in [1.82, 2.24) is 10.6 Å². The fraction of sp³-hybridized carbons (Fsp3) is 0.483. The number of alkyl carbamates (subject to hydrolysis) is 1. The molecule has 0 fully saturated rings. The highest BCUT2D eigenvalue weighted by Gasteiger charge is 2.38. The van der Waals surface area contributed by atoms with Gasteiger partial charge in [-0.15, -0.1) is 0 Å². The average molecular weight is 479 g/mol. The van der Waals surface area contributed by atoms with Gasteiger partial charge in [0.1, 0.15) is 11.6 Å². The molecule has 0 saturated heterocycles. The summed E-state index contributed by atoms with van der Waals surface area (Å²) in [5.41, 5.74) is 2.87. The molecule has 1 atom stereocenters. The maximum absolute atomic E-state index is 13.3. The molecule has 0 aromatic heterocycles. The average Bonchev–Trinajstić information content (AvgIpc) is 2.78. The van der Waals surface area contributed by atoms with Gasteiger partial charge in [0.2, 0.25) is 5.91 Å². The zero-order chi connectivity index (χ0) is 26.0. The van der Waals surface area contributed by atoms with E-state index in [-0.39, 0.29) is 23.2 Å². The Morgan fingerprint density at radius 3 is 2.11 bits per heavy atom. The molecule has 1 aliphatic carbocycles. The van der Waals surface area contributed by atoms with E-state index in [9.17, 15) is 14.4 Å². The molecule has 2 aromatic carbocycles. The van der Waals surface area contributed by atoms with Gasteiger partial charge in [0, 0.05) is 5.56 Å². The number of carbonyl (C=O) groups excluding carboxylic acids is 3. The quantitative estimate of drug-likeness (QED) is 0.529. The highest BCUT2D eigenvalue weighted by atomic mass is 16.6. The molecule has 188 valence electrons. The van der Waals surface area contributed by atoms with E-state index in [1.165, 1.54) is 11.1 Å². The first-order valence-electron chi connectivity index (χ1n) is 12.2. The number of carbonyl (C=O) groups is 3. The summed E-state index contributed by atoms with van der Waals surface area (Å²) in [6, 6.07) is 13.8. The Labute approximate surface area is 208 Å². The van der Waals surface area contributed by atoms with Crippen LogP contribution in [0.15, 0.2) is 48.5 Å². The Hall–Kier alpha value is -3.15. The van der Waals surface area contributed by atoms with E-state index in [1.807, 2.05) is 18.2 Å². The number of benzene rings is 2. The Balaban J connectivity index is 1.90. The molecule has 1 unspecified atom stereocenters. The number of hydrogen-bond donors (Lipinski definition) is 2. The maximum atomic E-state index is 13.3. The van der Waals surface area contributed by atoms with Gasteiger partial charge < -0.3 is 15.4 Å². The Morgan fingerprint density at radius 1 is 0.914 bits per heavy atom. The summed E-state index contributed by atoms with van der Waals surface area (Å²) >= 11 is 0. The molecule has 0 saturated carbocycles. The van der Waals surface area contributed by atoms with Crippen LogP contribution in [0.25, 0.3) is 0 Å². The highest BCUT2D eigenvalue weighted by Crippen LogP contribution is 2.46. The molecular formula is C29H38N2O4. The van der Waals surface area contributed by atoms with Gasteiger partial charge in [-0.1, -0.05) is 76.2 Å². The molecule has 35 heavy (non-hydrogen) atoms. The van der Waals surface area contributed by atoms with Crippen LogP contribution in [0.3, 0.4) is 0 Å². The third kappa shape index (κ3) is 6.50. The molecular weight excluding hydrogens is 440 g/mol. The van der Waals surface area contributed by atoms with Crippen molar-refractivity contribution in [1.29, 1.82) is 0 Å². The van der Waals surface area contributed by atoms with Crippen molar-refractivity contribution >= 4 is 17.8 Å². The second-order valence-corrected chi connectivity index (χ2v) is 11.7. The number of fused-ring (bicyclic) bond motifs is 1. The smallest absolute Gasteiger partial charge is 0.408 e. The first-order chi connectivity index (χ1) is 16.2. The van der Waals surface area contributed by atoms with Crippen molar-refractivity contribution in [3.05, 3.63) is 70.8 Å². The van der Waals surface area contributed by atoms with Crippen LogP contribution in [-0.4, -0.2) is 29.9 Å². The summed E-state index contributed by atoms with van der Waals surface area (Å²) in [5.74, 6) is -0.670. The molecule has 0 heterocycles. The molecule has 0 aliphatic heterocycles. The van der Waals surface area contributed by atoms with Crippen molar-refractivity contribution in [3.63, 3.8) is 0 Å². The van der Waals surface area contributed by atoms with Gasteiger partial charge in [-0.05, 0) is 61.1 Å². The normalized spacial score (nSPS) is 17.0. The summed E-state index contributed by atoms with van der Waals surface area (Å²) in [4.78, 5) is 38.5. The Bertz CT molecular complexity index is 1100. The Kier molecular flexibility index (Phi) is 7.44. The van der Waals surface area contributed by atoms with Crippen molar-refractivity contribution in [2.45, 2.75) is 83.8 Å². The molecule has 2 amide bonds. The lowest BCUT2D eigenvalue weighted by Crippen LogP contribution is -2.44. The van der Waals surface area contributed by atoms with Gasteiger partial charge in [-0.3, -0.25) is 9.59 Å². The van der Waals surface area contributed by atoms with Crippen molar-refractivity contribution < 1.29 is 19.1 Å². The maximum Gasteiger partial charge on any atom is 0.408 e. The number of rotatable bonds is 6. The first kappa shape index (κ1) is 26.5. The SMILES string of the molecule is CC(C)(C)OC(=O)NC(C(=O)NCC(=O)c1ccccc1)c1ccc2c(c1)C(C)(C)CCC2(C)C. The fourth-order valence-corrected chi connectivity index (χ4v) is 4.51. The third-order valence-corrected chi connectivity index (χ3v) is 6.65. The number of nitrogens with one attached hydrogen (secondary N) is 2. The first-order valence-corrected chi connectivity index (χ1v) is 12.2. The van der Waals surface area contributed by atoms with Gasteiger partial charge in [-0.25, -0.2) is 4.79 Å². The van der Waals surface area contributed by atoms with E-state index in [1.54, 1.807) is 45.0 Å². The summed E-state index contributed by atoms with van der Waals surface area (Å²) < 4.78 is 5.42. The third-order valence-electron chi connectivity index (χ3n) is 6.65. The van der Waals surface area contributed by atoms with Crippen LogP contribution in [-0.2, 0) is 20.4 Å². The minimum absolute atomic E-state index is 0.0296. The lowest BCUT2D eigenvalue weighted by molar-refractivity contribution is -0.123. The molecule has 0 spiro atoms. The van der Waals surface area contributed by atoms with Crippen LogP contribution in [0.2, 0.25) is 0 Å². The van der Waals surface area contributed by atoms with Crippen LogP contribution in [0.5, 0.6) is 0 Å². The van der Waals surface area contributed by atoms with Crippen LogP contribution in [0, 0.1) is 0 Å². The molecule has 2 N–H and O–H groups in total. The summed E-state index contributed by atoms with van der Waals surface area (Å²) in [7, 11) is 0. The van der Waals surface area contributed by atoms with Crippen molar-refractivity contribution in [3.8, 4) is 0 Å². The van der Waals surface area contributed by atoms with Crippen LogP contribution in [0.4, 0.5) is 4.79 Å². The van der Waals surface area contributed by atoms with E-state index >= 15 is 0 Å². The predicted octanol–water partition coefficient (Wildman–Crippen LogP) is 5.60. The van der Waals surface area contributed by atoms with E-state index < -0.39 is 23.6 Å². The molecule has 0 bridgehead atoms.